The van der Waals surface area contributed by atoms with Gasteiger partial charge in [0.1, 0.15) is 0 Å². The fourth-order valence-corrected chi connectivity index (χ4v) is 5.21. The smallest absolute Gasteiger partial charge is 0.262 e. The van der Waals surface area contributed by atoms with Gasteiger partial charge in [-0.2, -0.15) is 0 Å². The van der Waals surface area contributed by atoms with Crippen molar-refractivity contribution in [1.29, 1.82) is 0 Å². The Hall–Kier alpha value is -3.36. The molecule has 176 valence electrons. The largest absolute Gasteiger partial charge is 0.338 e. The highest BCUT2D eigenvalue weighted by Gasteiger charge is 2.21. The fourth-order valence-electron chi connectivity index (χ4n) is 3.75. The molecule has 9 heteroatoms. The molecule has 2 amide bonds. The number of hydrogen-bond acceptors (Lipinski definition) is 4. The summed E-state index contributed by atoms with van der Waals surface area (Å²) in [6.07, 6.45) is 1.47. The van der Waals surface area contributed by atoms with Crippen molar-refractivity contribution in [3.8, 4) is 0 Å². The monoisotopic (exact) mass is 497 g/mol. The molecular formula is C25H24ClN3O4S. The Bertz CT molecular complexity index is 1320. The van der Waals surface area contributed by atoms with E-state index >= 15 is 0 Å². The molecule has 3 aromatic carbocycles. The number of hydrogen-bond donors (Lipinski definition) is 2. The molecule has 1 aliphatic rings. The third-order valence-corrected chi connectivity index (χ3v) is 7.37. The summed E-state index contributed by atoms with van der Waals surface area (Å²) in [5.74, 6) is -0.209. The minimum atomic E-state index is -3.88. The van der Waals surface area contributed by atoms with Crippen molar-refractivity contribution in [3.63, 3.8) is 0 Å². The van der Waals surface area contributed by atoms with Crippen LogP contribution in [0.25, 0.3) is 0 Å². The van der Waals surface area contributed by atoms with Gasteiger partial charge in [-0.05, 0) is 73.0 Å². The van der Waals surface area contributed by atoms with Crippen LogP contribution in [0.4, 0.5) is 11.4 Å². The number of sulfonamides is 1. The van der Waals surface area contributed by atoms with E-state index in [0.717, 1.165) is 18.5 Å². The molecule has 0 spiro atoms. The van der Waals surface area contributed by atoms with Crippen LogP contribution in [-0.4, -0.2) is 31.7 Å². The van der Waals surface area contributed by atoms with Crippen LogP contribution in [0.5, 0.6) is 0 Å². The molecule has 0 atom stereocenters. The average molecular weight is 498 g/mol. The van der Waals surface area contributed by atoms with Gasteiger partial charge in [0.2, 0.25) is 5.91 Å². The Balaban J connectivity index is 1.46. The highest BCUT2D eigenvalue weighted by Crippen LogP contribution is 2.24. The fraction of sp³-hybridized carbons (Fsp3) is 0.200. The van der Waals surface area contributed by atoms with E-state index in [4.69, 9.17) is 11.6 Å². The Labute approximate surface area is 203 Å². The SMILES string of the molecule is Cc1ccc(NC(=O)c2ccc(CN3CCCC3=O)cc2)cc1S(=O)(=O)Nc1ccc(Cl)cc1. The summed E-state index contributed by atoms with van der Waals surface area (Å²) in [6, 6.07) is 18.1. The second kappa shape index (κ2) is 9.87. The highest BCUT2D eigenvalue weighted by molar-refractivity contribution is 7.92. The molecular weight excluding hydrogens is 474 g/mol. The number of carbonyl (C=O) groups excluding carboxylic acids is 2. The third-order valence-electron chi connectivity index (χ3n) is 5.59. The molecule has 0 bridgehead atoms. The first-order chi connectivity index (χ1) is 16.2. The molecule has 1 saturated heterocycles. The number of halogens is 1. The number of nitrogens with zero attached hydrogens (tertiary/aromatic N) is 1. The molecule has 4 rings (SSSR count). The number of anilines is 2. The molecule has 0 unspecified atom stereocenters. The van der Waals surface area contributed by atoms with Crippen molar-refractivity contribution in [3.05, 3.63) is 88.4 Å². The lowest BCUT2D eigenvalue weighted by Crippen LogP contribution is -2.23. The molecule has 1 heterocycles. The van der Waals surface area contributed by atoms with Crippen LogP contribution >= 0.6 is 11.6 Å². The number of amides is 2. The van der Waals surface area contributed by atoms with Crippen molar-refractivity contribution < 1.29 is 18.0 Å². The maximum absolute atomic E-state index is 12.9. The van der Waals surface area contributed by atoms with Crippen LogP contribution in [0.1, 0.15) is 34.3 Å². The van der Waals surface area contributed by atoms with Crippen LogP contribution in [0.15, 0.2) is 71.6 Å². The topological polar surface area (TPSA) is 95.6 Å². The lowest BCUT2D eigenvalue weighted by Gasteiger charge is -2.15. The average Bonchev–Trinajstić information content (AvgIpc) is 3.21. The molecule has 3 aromatic rings. The van der Waals surface area contributed by atoms with Crippen molar-refractivity contribution in [2.24, 2.45) is 0 Å². The van der Waals surface area contributed by atoms with Crippen LogP contribution in [0.2, 0.25) is 5.02 Å². The molecule has 1 fully saturated rings. The van der Waals surface area contributed by atoms with Gasteiger partial charge in [0.15, 0.2) is 0 Å². The number of aryl methyl sites for hydroxylation is 1. The first-order valence-electron chi connectivity index (χ1n) is 10.8. The van der Waals surface area contributed by atoms with Gasteiger partial charge < -0.3 is 10.2 Å². The van der Waals surface area contributed by atoms with E-state index in [-0.39, 0.29) is 16.7 Å². The zero-order valence-corrected chi connectivity index (χ0v) is 20.1. The van der Waals surface area contributed by atoms with Crippen molar-refractivity contribution in [1.82, 2.24) is 4.90 Å². The van der Waals surface area contributed by atoms with E-state index in [0.29, 0.717) is 40.5 Å². The lowest BCUT2D eigenvalue weighted by molar-refractivity contribution is -0.128. The Morgan fingerprint density at radius 3 is 2.32 bits per heavy atom. The standard InChI is InChI=1S/C25H24ClN3O4S/c1-17-4-11-22(15-23(17)34(32,33)28-21-12-9-20(26)10-13-21)27-25(31)19-7-5-18(6-8-19)16-29-14-2-3-24(29)30/h4-13,15,28H,2-3,14,16H2,1H3,(H,27,31). The van der Waals surface area contributed by atoms with Crippen molar-refractivity contribution in [2.45, 2.75) is 31.2 Å². The summed E-state index contributed by atoms with van der Waals surface area (Å²) in [4.78, 5) is 26.4. The molecule has 0 aliphatic carbocycles. The molecule has 0 aromatic heterocycles. The molecule has 1 aliphatic heterocycles. The predicted octanol–water partition coefficient (Wildman–Crippen LogP) is 4.82. The molecule has 34 heavy (non-hydrogen) atoms. The Morgan fingerprint density at radius 2 is 1.68 bits per heavy atom. The maximum Gasteiger partial charge on any atom is 0.262 e. The molecule has 0 saturated carbocycles. The van der Waals surface area contributed by atoms with Gasteiger partial charge in [-0.15, -0.1) is 0 Å². The number of carbonyl (C=O) groups is 2. The molecule has 0 radical (unpaired) electrons. The minimum Gasteiger partial charge on any atom is -0.338 e. The van der Waals surface area contributed by atoms with Crippen LogP contribution < -0.4 is 10.0 Å². The number of likely N-dealkylation sites (tertiary alicyclic amines) is 1. The molecule has 7 nitrogen and oxygen atoms in total. The Morgan fingerprint density at radius 1 is 1.00 bits per heavy atom. The summed E-state index contributed by atoms with van der Waals surface area (Å²) in [5, 5.41) is 3.26. The summed E-state index contributed by atoms with van der Waals surface area (Å²) >= 11 is 5.86. The second-order valence-electron chi connectivity index (χ2n) is 8.16. The first-order valence-corrected chi connectivity index (χ1v) is 12.6. The predicted molar refractivity (Wildman–Crippen MR) is 132 cm³/mol. The zero-order valence-electron chi connectivity index (χ0n) is 18.5. The van der Waals surface area contributed by atoms with Crippen LogP contribution in [0, 0.1) is 6.92 Å². The summed E-state index contributed by atoms with van der Waals surface area (Å²) in [5.41, 5.74) is 2.66. The van der Waals surface area contributed by atoms with E-state index in [1.165, 1.54) is 6.07 Å². The highest BCUT2D eigenvalue weighted by atomic mass is 35.5. The maximum atomic E-state index is 12.9. The Kier molecular flexibility index (Phi) is 6.90. The number of nitrogens with one attached hydrogen (secondary N) is 2. The number of benzene rings is 3. The zero-order chi connectivity index (χ0) is 24.3. The van der Waals surface area contributed by atoms with E-state index in [9.17, 15) is 18.0 Å². The van der Waals surface area contributed by atoms with Gasteiger partial charge in [-0.25, -0.2) is 8.42 Å². The quantitative estimate of drug-likeness (QED) is 0.489. The van der Waals surface area contributed by atoms with Gasteiger partial charge in [0.25, 0.3) is 15.9 Å². The van der Waals surface area contributed by atoms with Gasteiger partial charge in [-0.3, -0.25) is 14.3 Å². The van der Waals surface area contributed by atoms with Gasteiger partial charge in [0.05, 0.1) is 4.90 Å². The molecule has 2 N–H and O–H groups in total. The van der Waals surface area contributed by atoms with Gasteiger partial charge >= 0.3 is 0 Å². The summed E-state index contributed by atoms with van der Waals surface area (Å²) in [7, 11) is -3.88. The van der Waals surface area contributed by atoms with Crippen LogP contribution in [0.3, 0.4) is 0 Å². The summed E-state index contributed by atoms with van der Waals surface area (Å²) < 4.78 is 28.4. The number of rotatable bonds is 7. The van der Waals surface area contributed by atoms with Gasteiger partial charge in [-0.1, -0.05) is 29.8 Å². The van der Waals surface area contributed by atoms with E-state index in [1.54, 1.807) is 60.4 Å². The minimum absolute atomic E-state index is 0.0610. The third kappa shape index (κ3) is 5.58. The lowest BCUT2D eigenvalue weighted by atomic mass is 10.1. The second-order valence-corrected chi connectivity index (χ2v) is 10.2. The van der Waals surface area contributed by atoms with Crippen molar-refractivity contribution >= 4 is 44.8 Å². The van der Waals surface area contributed by atoms with Crippen molar-refractivity contribution in [2.75, 3.05) is 16.6 Å². The van der Waals surface area contributed by atoms with E-state index < -0.39 is 10.0 Å². The first kappa shape index (κ1) is 23.8. The van der Waals surface area contributed by atoms with E-state index in [2.05, 4.69) is 10.0 Å². The van der Waals surface area contributed by atoms with Crippen LogP contribution in [-0.2, 0) is 21.4 Å². The van der Waals surface area contributed by atoms with Gasteiger partial charge in [0, 0.05) is 41.5 Å². The van der Waals surface area contributed by atoms with E-state index in [1.807, 2.05) is 12.1 Å². The normalized spacial score (nSPS) is 13.7. The summed E-state index contributed by atoms with van der Waals surface area (Å²) in [6.45, 7) is 2.97.